The highest BCUT2D eigenvalue weighted by Gasteiger charge is 2.12. The summed E-state index contributed by atoms with van der Waals surface area (Å²) in [5, 5.41) is 9.14. The van der Waals surface area contributed by atoms with Crippen LogP contribution in [0.5, 0.6) is 0 Å². The van der Waals surface area contributed by atoms with E-state index in [2.05, 4.69) is 34.0 Å². The normalized spacial score (nSPS) is 13.5. The average Bonchev–Trinajstić information content (AvgIpc) is 2.58. The van der Waals surface area contributed by atoms with Crippen LogP contribution < -0.4 is 11.3 Å². The number of pyridine rings is 1. The van der Waals surface area contributed by atoms with Crippen LogP contribution in [-0.4, -0.2) is 35.3 Å². The van der Waals surface area contributed by atoms with Crippen molar-refractivity contribution in [3.63, 3.8) is 0 Å². The van der Waals surface area contributed by atoms with Crippen LogP contribution in [0.3, 0.4) is 0 Å². The number of aliphatic imine (C=N–C) groups is 2. The summed E-state index contributed by atoms with van der Waals surface area (Å²) in [5.41, 5.74) is 3.51. The molecule has 7 heteroatoms. The minimum atomic E-state index is -0.0335. The maximum atomic E-state index is 9.14. The lowest BCUT2D eigenvalue weighted by Gasteiger charge is -2.16. The third-order valence-corrected chi connectivity index (χ3v) is 3.12. The first-order valence-corrected chi connectivity index (χ1v) is 7.58. The summed E-state index contributed by atoms with van der Waals surface area (Å²) in [4.78, 5) is 12.2. The molecule has 0 saturated heterocycles. The van der Waals surface area contributed by atoms with Gasteiger partial charge in [-0.1, -0.05) is 13.3 Å². The third kappa shape index (κ3) is 7.03. The fourth-order valence-electron chi connectivity index (χ4n) is 2.00. The van der Waals surface area contributed by atoms with E-state index in [0.717, 1.165) is 18.4 Å². The molecule has 0 spiro atoms. The molecule has 1 aromatic heterocycles. The first-order valence-electron chi connectivity index (χ1n) is 7.58. The number of hydrogen-bond acceptors (Lipinski definition) is 6. The number of hydrazine groups is 1. The standard InChI is InChI=1S/C16H25N5O2/c1-3-4-14(7-10-22)20-16(21-17)15(11-18-2)23-12-13-5-8-19-9-6-13/h5-6,8-9,11,14,22H,2-4,7,10,12,17H2,1H3,(H,20,21)/b15-11+. The van der Waals surface area contributed by atoms with Gasteiger partial charge in [0.2, 0.25) is 0 Å². The molecule has 0 aliphatic rings. The van der Waals surface area contributed by atoms with Gasteiger partial charge in [-0.3, -0.25) is 15.0 Å². The Kier molecular flexibility index (Phi) is 9.26. The highest BCUT2D eigenvalue weighted by molar-refractivity contribution is 5.96. The van der Waals surface area contributed by atoms with E-state index in [1.807, 2.05) is 12.1 Å². The molecule has 0 amide bonds. The van der Waals surface area contributed by atoms with E-state index in [1.165, 1.54) is 6.20 Å². The molecule has 4 N–H and O–H groups in total. The van der Waals surface area contributed by atoms with Gasteiger partial charge in [0.25, 0.3) is 0 Å². The van der Waals surface area contributed by atoms with Gasteiger partial charge in [0.15, 0.2) is 11.6 Å². The minimum Gasteiger partial charge on any atom is -0.483 e. The molecule has 0 aromatic carbocycles. The highest BCUT2D eigenvalue weighted by Crippen LogP contribution is 2.11. The second kappa shape index (κ2) is 11.3. The van der Waals surface area contributed by atoms with Crippen LogP contribution >= 0.6 is 0 Å². The Morgan fingerprint density at radius 1 is 1.48 bits per heavy atom. The number of hydrogen-bond donors (Lipinski definition) is 3. The Hall–Kier alpha value is -2.25. The van der Waals surface area contributed by atoms with Crippen LogP contribution in [0.2, 0.25) is 0 Å². The quantitative estimate of drug-likeness (QED) is 0.199. The van der Waals surface area contributed by atoms with Crippen LogP contribution in [0, 0.1) is 0 Å². The van der Waals surface area contributed by atoms with Crippen molar-refractivity contribution >= 4 is 12.6 Å². The zero-order valence-corrected chi connectivity index (χ0v) is 13.5. The first kappa shape index (κ1) is 18.8. The Morgan fingerprint density at radius 2 is 2.22 bits per heavy atom. The summed E-state index contributed by atoms with van der Waals surface area (Å²) in [5.74, 6) is 6.37. The number of nitrogens with zero attached hydrogens (tertiary/aromatic N) is 3. The van der Waals surface area contributed by atoms with Crippen molar-refractivity contribution in [1.29, 1.82) is 0 Å². The Balaban J connectivity index is 2.86. The van der Waals surface area contributed by atoms with Crippen molar-refractivity contribution in [2.45, 2.75) is 38.8 Å². The van der Waals surface area contributed by atoms with Crippen molar-refractivity contribution in [1.82, 2.24) is 10.4 Å². The second-order valence-corrected chi connectivity index (χ2v) is 4.90. The molecule has 126 valence electrons. The smallest absolute Gasteiger partial charge is 0.181 e. The zero-order valence-electron chi connectivity index (χ0n) is 13.5. The second-order valence-electron chi connectivity index (χ2n) is 4.90. The number of aromatic nitrogens is 1. The molecule has 0 aliphatic carbocycles. The molecular formula is C16H25N5O2. The lowest BCUT2D eigenvalue weighted by molar-refractivity contribution is 0.214. The zero-order chi connectivity index (χ0) is 16.9. The van der Waals surface area contributed by atoms with Gasteiger partial charge in [-0.15, -0.1) is 0 Å². The number of aliphatic hydroxyl groups excluding tert-OH is 1. The molecule has 1 aromatic rings. The van der Waals surface area contributed by atoms with Gasteiger partial charge in [-0.05, 0) is 37.3 Å². The summed E-state index contributed by atoms with van der Waals surface area (Å²) in [6.45, 7) is 5.92. The number of ether oxygens (including phenoxy) is 1. The monoisotopic (exact) mass is 319 g/mol. The van der Waals surface area contributed by atoms with Crippen molar-refractivity contribution < 1.29 is 9.84 Å². The van der Waals surface area contributed by atoms with Crippen molar-refractivity contribution in [2.24, 2.45) is 15.8 Å². The topological polar surface area (TPSA) is 105 Å². The SMILES string of the molecule is C=N/C=C(/OCc1ccncc1)C(=NC(CCC)CCO)NN. The number of amidine groups is 1. The molecule has 0 bridgehead atoms. The van der Waals surface area contributed by atoms with Crippen molar-refractivity contribution in [3.8, 4) is 0 Å². The average molecular weight is 319 g/mol. The number of rotatable bonds is 10. The van der Waals surface area contributed by atoms with E-state index in [1.54, 1.807) is 12.4 Å². The third-order valence-electron chi connectivity index (χ3n) is 3.12. The molecule has 0 saturated carbocycles. The molecule has 7 nitrogen and oxygen atoms in total. The van der Waals surface area contributed by atoms with Gasteiger partial charge in [0.1, 0.15) is 6.61 Å². The van der Waals surface area contributed by atoms with Crippen LogP contribution in [-0.2, 0) is 11.3 Å². The first-order chi connectivity index (χ1) is 11.2. The van der Waals surface area contributed by atoms with E-state index in [4.69, 9.17) is 15.7 Å². The van der Waals surface area contributed by atoms with E-state index < -0.39 is 0 Å². The highest BCUT2D eigenvalue weighted by atomic mass is 16.5. The van der Waals surface area contributed by atoms with Crippen molar-refractivity contribution in [3.05, 3.63) is 42.0 Å². The minimum absolute atomic E-state index is 0.0335. The number of nitrogens with one attached hydrogen (secondary N) is 1. The van der Waals surface area contributed by atoms with Gasteiger partial charge in [-0.2, -0.15) is 0 Å². The molecule has 0 radical (unpaired) electrons. The molecule has 1 rings (SSSR count). The summed E-state index contributed by atoms with van der Waals surface area (Å²) >= 11 is 0. The molecular weight excluding hydrogens is 294 g/mol. The molecule has 0 fully saturated rings. The molecule has 23 heavy (non-hydrogen) atoms. The maximum Gasteiger partial charge on any atom is 0.181 e. The molecule has 1 heterocycles. The summed E-state index contributed by atoms with van der Waals surface area (Å²) in [7, 11) is 0. The van der Waals surface area contributed by atoms with Gasteiger partial charge in [-0.25, -0.2) is 5.84 Å². The predicted molar refractivity (Wildman–Crippen MR) is 91.8 cm³/mol. The van der Waals surface area contributed by atoms with E-state index >= 15 is 0 Å². The largest absolute Gasteiger partial charge is 0.483 e. The van der Waals surface area contributed by atoms with Crippen LogP contribution in [0.1, 0.15) is 31.7 Å². The fraction of sp³-hybridized carbons (Fsp3) is 0.438. The van der Waals surface area contributed by atoms with Crippen LogP contribution in [0.15, 0.2) is 46.5 Å². The Morgan fingerprint density at radius 3 is 2.78 bits per heavy atom. The molecule has 1 atom stereocenters. The number of aliphatic hydroxyl groups is 1. The van der Waals surface area contributed by atoms with E-state index in [-0.39, 0.29) is 12.6 Å². The summed E-state index contributed by atoms with van der Waals surface area (Å²) in [6.07, 6.45) is 7.23. The van der Waals surface area contributed by atoms with Gasteiger partial charge < -0.3 is 15.3 Å². The van der Waals surface area contributed by atoms with Crippen molar-refractivity contribution in [2.75, 3.05) is 6.61 Å². The summed E-state index contributed by atoms with van der Waals surface area (Å²) in [6, 6.07) is 3.68. The number of nitrogens with two attached hydrogens (primary N) is 1. The molecule has 0 aliphatic heterocycles. The lowest BCUT2D eigenvalue weighted by atomic mass is 10.1. The van der Waals surface area contributed by atoms with Crippen LogP contribution in [0.25, 0.3) is 0 Å². The molecule has 1 unspecified atom stereocenters. The Labute approximate surface area is 137 Å². The lowest BCUT2D eigenvalue weighted by Crippen LogP contribution is -2.34. The van der Waals surface area contributed by atoms with E-state index in [0.29, 0.717) is 24.6 Å². The fourth-order valence-corrected chi connectivity index (χ4v) is 2.00. The van der Waals surface area contributed by atoms with Gasteiger partial charge in [0, 0.05) is 19.0 Å². The van der Waals surface area contributed by atoms with Crippen LogP contribution in [0.4, 0.5) is 0 Å². The van der Waals surface area contributed by atoms with Gasteiger partial charge in [0.05, 0.1) is 12.2 Å². The van der Waals surface area contributed by atoms with Gasteiger partial charge >= 0.3 is 0 Å². The maximum absolute atomic E-state index is 9.14. The van der Waals surface area contributed by atoms with E-state index in [9.17, 15) is 0 Å². The Bertz CT molecular complexity index is 510. The predicted octanol–water partition coefficient (Wildman–Crippen LogP) is 1.55. The summed E-state index contributed by atoms with van der Waals surface area (Å²) < 4.78 is 5.74.